The number of piperazine rings is 1. The number of nitrogens with zero attached hydrogens (tertiary/aromatic N) is 4. The smallest absolute Gasteiger partial charge is 0.194 e. The van der Waals surface area contributed by atoms with Crippen molar-refractivity contribution in [3.8, 4) is 0 Å². The molecule has 1 aliphatic carbocycles. The lowest BCUT2D eigenvalue weighted by Crippen LogP contribution is -2.52. The number of aromatic nitrogens is 1. The molecule has 2 heterocycles. The van der Waals surface area contributed by atoms with E-state index in [0.29, 0.717) is 0 Å². The van der Waals surface area contributed by atoms with Crippen LogP contribution in [0.3, 0.4) is 0 Å². The molecule has 6 nitrogen and oxygen atoms in total. The van der Waals surface area contributed by atoms with Crippen LogP contribution in [0, 0.1) is 12.8 Å². The van der Waals surface area contributed by atoms with E-state index >= 15 is 0 Å². The number of guanidine groups is 1. The van der Waals surface area contributed by atoms with Gasteiger partial charge in [-0.2, -0.15) is 0 Å². The fourth-order valence-electron chi connectivity index (χ4n) is 3.02. The molecule has 0 unspecified atom stereocenters. The predicted molar refractivity (Wildman–Crippen MR) is 107 cm³/mol. The Hall–Kier alpha value is -0.830. The van der Waals surface area contributed by atoms with E-state index in [1.165, 1.54) is 19.3 Å². The molecule has 136 valence electrons. The van der Waals surface area contributed by atoms with Crippen LogP contribution in [0.2, 0.25) is 0 Å². The molecule has 1 saturated heterocycles. The van der Waals surface area contributed by atoms with Gasteiger partial charge in [-0.15, -0.1) is 24.0 Å². The second kappa shape index (κ2) is 9.60. The third kappa shape index (κ3) is 5.91. The van der Waals surface area contributed by atoms with Crippen LogP contribution in [0.15, 0.2) is 15.6 Å². The van der Waals surface area contributed by atoms with Gasteiger partial charge < -0.3 is 14.7 Å². The molecule has 1 aliphatic heterocycles. The highest BCUT2D eigenvalue weighted by molar-refractivity contribution is 14.0. The van der Waals surface area contributed by atoms with E-state index in [2.05, 4.69) is 27.2 Å². The zero-order valence-electron chi connectivity index (χ0n) is 14.8. The highest BCUT2D eigenvalue weighted by Crippen LogP contribution is 2.32. The van der Waals surface area contributed by atoms with Gasteiger partial charge in [0.1, 0.15) is 5.76 Å². The first-order valence-electron chi connectivity index (χ1n) is 8.92. The molecule has 1 aromatic heterocycles. The van der Waals surface area contributed by atoms with E-state index < -0.39 is 0 Å². The molecule has 0 spiro atoms. The van der Waals surface area contributed by atoms with Gasteiger partial charge in [-0.1, -0.05) is 18.0 Å². The molecule has 0 atom stereocenters. The Morgan fingerprint density at radius 1 is 1.33 bits per heavy atom. The number of hydrogen-bond donors (Lipinski definition) is 1. The third-order valence-electron chi connectivity index (χ3n) is 4.56. The molecule has 0 aromatic carbocycles. The maximum absolute atomic E-state index is 5.15. The standard InChI is InChI=1S/C17H29N5O.HI/c1-3-18-17(19-7-6-15-4-5-15)22-10-8-21(9-11-22)13-16-12-14(2)23-20-16;/h12,15H,3-11,13H2,1-2H3,(H,18,19);1H. The first-order valence-corrected chi connectivity index (χ1v) is 8.92. The molecule has 0 amide bonds. The Labute approximate surface area is 162 Å². The zero-order valence-corrected chi connectivity index (χ0v) is 17.2. The van der Waals surface area contributed by atoms with Crippen molar-refractivity contribution in [3.63, 3.8) is 0 Å². The van der Waals surface area contributed by atoms with Crippen LogP contribution < -0.4 is 5.32 Å². The SMILES string of the molecule is CCNC(=NCCC1CC1)N1CCN(Cc2cc(C)on2)CC1.I. The van der Waals surface area contributed by atoms with Crippen molar-refractivity contribution in [2.24, 2.45) is 10.9 Å². The topological polar surface area (TPSA) is 56.9 Å². The summed E-state index contributed by atoms with van der Waals surface area (Å²) in [6.07, 6.45) is 4.07. The van der Waals surface area contributed by atoms with Crippen LogP contribution in [-0.4, -0.2) is 60.2 Å². The number of hydrogen-bond acceptors (Lipinski definition) is 4. The Kier molecular flexibility index (Phi) is 7.80. The lowest BCUT2D eigenvalue weighted by molar-refractivity contribution is 0.169. The molecule has 0 bridgehead atoms. The number of rotatable bonds is 6. The lowest BCUT2D eigenvalue weighted by Gasteiger charge is -2.36. The average molecular weight is 447 g/mol. The summed E-state index contributed by atoms with van der Waals surface area (Å²) >= 11 is 0. The van der Waals surface area contributed by atoms with E-state index in [4.69, 9.17) is 9.52 Å². The van der Waals surface area contributed by atoms with E-state index in [1.54, 1.807) is 0 Å². The molecule has 2 fully saturated rings. The molecule has 3 rings (SSSR count). The van der Waals surface area contributed by atoms with Gasteiger partial charge in [-0.3, -0.25) is 9.89 Å². The number of nitrogens with one attached hydrogen (secondary N) is 1. The minimum Gasteiger partial charge on any atom is -0.361 e. The molecular formula is C17H30IN5O. The van der Waals surface area contributed by atoms with Crippen molar-refractivity contribution in [2.75, 3.05) is 39.3 Å². The highest BCUT2D eigenvalue weighted by atomic mass is 127. The van der Waals surface area contributed by atoms with Crippen LogP contribution in [0.5, 0.6) is 0 Å². The summed E-state index contributed by atoms with van der Waals surface area (Å²) in [5, 5.41) is 7.53. The Morgan fingerprint density at radius 2 is 2.08 bits per heavy atom. The fraction of sp³-hybridized carbons (Fsp3) is 0.765. The molecule has 24 heavy (non-hydrogen) atoms. The maximum atomic E-state index is 5.15. The highest BCUT2D eigenvalue weighted by Gasteiger charge is 2.22. The van der Waals surface area contributed by atoms with Crippen molar-refractivity contribution < 1.29 is 4.52 Å². The second-order valence-electron chi connectivity index (χ2n) is 6.66. The maximum Gasteiger partial charge on any atom is 0.194 e. The summed E-state index contributed by atoms with van der Waals surface area (Å²) in [4.78, 5) is 9.64. The summed E-state index contributed by atoms with van der Waals surface area (Å²) in [6.45, 7) is 11.0. The van der Waals surface area contributed by atoms with Gasteiger partial charge in [0.2, 0.25) is 0 Å². The van der Waals surface area contributed by atoms with Crippen molar-refractivity contribution in [3.05, 3.63) is 17.5 Å². The van der Waals surface area contributed by atoms with Crippen molar-refractivity contribution >= 4 is 29.9 Å². The fourth-order valence-corrected chi connectivity index (χ4v) is 3.02. The van der Waals surface area contributed by atoms with Crippen molar-refractivity contribution in [2.45, 2.75) is 39.7 Å². The van der Waals surface area contributed by atoms with E-state index in [-0.39, 0.29) is 24.0 Å². The normalized spacial score (nSPS) is 19.2. The van der Waals surface area contributed by atoms with Crippen LogP contribution in [-0.2, 0) is 6.54 Å². The number of halogens is 1. The second-order valence-corrected chi connectivity index (χ2v) is 6.66. The average Bonchev–Trinajstić information content (AvgIpc) is 3.29. The zero-order chi connectivity index (χ0) is 16.1. The summed E-state index contributed by atoms with van der Waals surface area (Å²) in [7, 11) is 0. The van der Waals surface area contributed by atoms with Gasteiger partial charge in [0.25, 0.3) is 0 Å². The van der Waals surface area contributed by atoms with E-state index in [9.17, 15) is 0 Å². The summed E-state index contributed by atoms with van der Waals surface area (Å²) < 4.78 is 5.15. The minimum absolute atomic E-state index is 0. The molecule has 1 aromatic rings. The molecular weight excluding hydrogens is 417 g/mol. The minimum atomic E-state index is 0. The van der Waals surface area contributed by atoms with Gasteiger partial charge in [-0.25, -0.2) is 0 Å². The van der Waals surface area contributed by atoms with Crippen molar-refractivity contribution in [1.82, 2.24) is 20.3 Å². The van der Waals surface area contributed by atoms with Gasteiger partial charge in [0.05, 0.1) is 5.69 Å². The number of aliphatic imine (C=N–C) groups is 1. The summed E-state index contributed by atoms with van der Waals surface area (Å²) in [6, 6.07) is 2.02. The van der Waals surface area contributed by atoms with Gasteiger partial charge in [0, 0.05) is 51.9 Å². The summed E-state index contributed by atoms with van der Waals surface area (Å²) in [5.74, 6) is 2.92. The quantitative estimate of drug-likeness (QED) is 0.413. The monoisotopic (exact) mass is 447 g/mol. The number of aryl methyl sites for hydroxylation is 1. The predicted octanol–water partition coefficient (Wildman–Crippen LogP) is 2.48. The molecule has 1 N–H and O–H groups in total. The third-order valence-corrected chi connectivity index (χ3v) is 4.56. The lowest BCUT2D eigenvalue weighted by atomic mass is 10.3. The van der Waals surface area contributed by atoms with Crippen LogP contribution in [0.4, 0.5) is 0 Å². The first kappa shape index (κ1) is 19.5. The van der Waals surface area contributed by atoms with E-state index in [0.717, 1.165) is 69.1 Å². The van der Waals surface area contributed by atoms with Crippen LogP contribution >= 0.6 is 24.0 Å². The molecule has 1 saturated carbocycles. The first-order chi connectivity index (χ1) is 11.2. The van der Waals surface area contributed by atoms with Gasteiger partial charge in [0.15, 0.2) is 5.96 Å². The van der Waals surface area contributed by atoms with Crippen LogP contribution in [0.1, 0.15) is 37.6 Å². The molecule has 7 heteroatoms. The largest absolute Gasteiger partial charge is 0.361 e. The van der Waals surface area contributed by atoms with Crippen molar-refractivity contribution in [1.29, 1.82) is 0 Å². The van der Waals surface area contributed by atoms with E-state index in [1.807, 2.05) is 13.0 Å². The van der Waals surface area contributed by atoms with Gasteiger partial charge >= 0.3 is 0 Å². The Balaban J connectivity index is 0.00000208. The molecule has 2 aliphatic rings. The van der Waals surface area contributed by atoms with Crippen LogP contribution in [0.25, 0.3) is 0 Å². The van der Waals surface area contributed by atoms with Gasteiger partial charge in [-0.05, 0) is 26.2 Å². The summed E-state index contributed by atoms with van der Waals surface area (Å²) in [5.41, 5.74) is 1.03. The Bertz CT molecular complexity index is 521. The molecule has 0 radical (unpaired) electrons. The Morgan fingerprint density at radius 3 is 2.67 bits per heavy atom.